The van der Waals surface area contributed by atoms with Crippen LogP contribution in [0.4, 0.5) is 10.5 Å². The minimum atomic E-state index is -0.531. The van der Waals surface area contributed by atoms with Crippen molar-refractivity contribution in [3.63, 3.8) is 0 Å². The molecule has 0 aromatic heterocycles. The van der Waals surface area contributed by atoms with E-state index in [0.717, 1.165) is 27.8 Å². The number of nitrogens with zero attached hydrogens (tertiary/aromatic N) is 1. The van der Waals surface area contributed by atoms with E-state index < -0.39 is 17.1 Å². The van der Waals surface area contributed by atoms with Crippen molar-refractivity contribution < 1.29 is 23.9 Å². The van der Waals surface area contributed by atoms with Gasteiger partial charge in [0, 0.05) is 10.7 Å². The molecule has 1 fully saturated rings. The van der Waals surface area contributed by atoms with E-state index in [2.05, 4.69) is 21.2 Å². The van der Waals surface area contributed by atoms with Gasteiger partial charge in [-0.05, 0) is 95.1 Å². The first-order valence-electron chi connectivity index (χ1n) is 11.7. The molecule has 1 aliphatic rings. The first-order valence-corrected chi connectivity index (χ1v) is 13.7. The Morgan fingerprint density at radius 3 is 2.47 bits per heavy atom. The van der Waals surface area contributed by atoms with Gasteiger partial charge in [0.05, 0.1) is 16.0 Å². The Morgan fingerprint density at radius 1 is 1.08 bits per heavy atom. The Kier molecular flexibility index (Phi) is 9.14. The van der Waals surface area contributed by atoms with Gasteiger partial charge in [0.1, 0.15) is 13.2 Å². The molecular formula is C28H24BrClN2O5S. The summed E-state index contributed by atoms with van der Waals surface area (Å²) in [6.45, 7) is 4.13. The number of ether oxygens (including phenoxy) is 2. The Labute approximate surface area is 238 Å². The van der Waals surface area contributed by atoms with Crippen LogP contribution in [-0.2, 0) is 16.2 Å². The van der Waals surface area contributed by atoms with Gasteiger partial charge >= 0.3 is 0 Å². The van der Waals surface area contributed by atoms with Gasteiger partial charge in [-0.2, -0.15) is 0 Å². The summed E-state index contributed by atoms with van der Waals surface area (Å²) in [5, 5.41) is 2.84. The van der Waals surface area contributed by atoms with Gasteiger partial charge in [0.25, 0.3) is 11.1 Å². The lowest BCUT2D eigenvalue weighted by atomic mass is 10.1. The topological polar surface area (TPSA) is 84.9 Å². The fourth-order valence-corrected chi connectivity index (χ4v) is 5.12. The van der Waals surface area contributed by atoms with Crippen LogP contribution in [0.25, 0.3) is 6.08 Å². The van der Waals surface area contributed by atoms with Gasteiger partial charge in [-0.3, -0.25) is 19.3 Å². The van der Waals surface area contributed by atoms with Crippen molar-refractivity contribution >= 4 is 68.1 Å². The van der Waals surface area contributed by atoms with E-state index >= 15 is 0 Å². The first kappa shape index (κ1) is 27.8. The van der Waals surface area contributed by atoms with Gasteiger partial charge in [-0.1, -0.05) is 41.4 Å². The molecule has 10 heteroatoms. The van der Waals surface area contributed by atoms with Crippen molar-refractivity contribution in [3.05, 3.63) is 91.8 Å². The average Bonchev–Trinajstić information content (AvgIpc) is 3.13. The van der Waals surface area contributed by atoms with Crippen LogP contribution in [0.1, 0.15) is 23.6 Å². The molecule has 0 saturated carbocycles. The second-order valence-corrected chi connectivity index (χ2v) is 10.6. The van der Waals surface area contributed by atoms with E-state index in [0.29, 0.717) is 45.5 Å². The molecule has 3 aromatic carbocycles. The average molecular weight is 616 g/mol. The maximum atomic E-state index is 13.0. The molecule has 0 aliphatic carbocycles. The standard InChI is InChI=1S/C28H24BrClN2O5S/c1-3-36-23-13-19(12-22(29)26(23)37-16-18-6-8-20(30)9-7-18)14-24-27(34)32(28(35)38-24)15-25(33)31-21-10-4-17(2)5-11-21/h4-14H,3,15-16H2,1-2H3,(H,31,33)/b24-14+. The monoisotopic (exact) mass is 614 g/mol. The van der Waals surface area contributed by atoms with Crippen molar-refractivity contribution in [2.75, 3.05) is 18.5 Å². The van der Waals surface area contributed by atoms with Gasteiger partial charge in [0.2, 0.25) is 5.91 Å². The summed E-state index contributed by atoms with van der Waals surface area (Å²) in [6.07, 6.45) is 1.60. The molecule has 1 saturated heterocycles. The summed E-state index contributed by atoms with van der Waals surface area (Å²) in [5.41, 5.74) is 3.22. The number of amides is 3. The maximum Gasteiger partial charge on any atom is 0.294 e. The van der Waals surface area contributed by atoms with Gasteiger partial charge in [-0.15, -0.1) is 0 Å². The number of carbonyl (C=O) groups excluding carboxylic acids is 3. The molecule has 0 bridgehead atoms. The Bertz CT molecular complexity index is 1390. The second kappa shape index (κ2) is 12.5. The summed E-state index contributed by atoms with van der Waals surface area (Å²) < 4.78 is 12.4. The molecule has 38 heavy (non-hydrogen) atoms. The third-order valence-corrected chi connectivity index (χ3v) is 7.18. The molecule has 0 spiro atoms. The highest BCUT2D eigenvalue weighted by molar-refractivity contribution is 9.10. The number of benzene rings is 3. The summed E-state index contributed by atoms with van der Waals surface area (Å²) in [4.78, 5) is 39.1. The van der Waals surface area contributed by atoms with Crippen LogP contribution in [0.15, 0.2) is 70.0 Å². The molecule has 196 valence electrons. The quantitative estimate of drug-likeness (QED) is 0.259. The molecule has 0 radical (unpaired) electrons. The summed E-state index contributed by atoms with van der Waals surface area (Å²) >= 11 is 10.3. The summed E-state index contributed by atoms with van der Waals surface area (Å²) in [6, 6.07) is 18.1. The molecule has 0 atom stereocenters. The molecule has 4 rings (SSSR count). The Hall–Kier alpha value is -3.27. The van der Waals surface area contributed by atoms with Crippen LogP contribution in [0, 0.1) is 6.92 Å². The number of halogens is 2. The smallest absolute Gasteiger partial charge is 0.294 e. The number of imide groups is 1. The van der Waals surface area contributed by atoms with E-state index in [1.54, 1.807) is 42.5 Å². The summed E-state index contributed by atoms with van der Waals surface area (Å²) in [5.74, 6) is 0.01000. The van der Waals surface area contributed by atoms with E-state index in [1.807, 2.05) is 38.1 Å². The molecule has 1 heterocycles. The number of hydrogen-bond donors (Lipinski definition) is 1. The van der Waals surface area contributed by atoms with Crippen molar-refractivity contribution in [3.8, 4) is 11.5 Å². The van der Waals surface area contributed by atoms with E-state index in [1.165, 1.54) is 0 Å². The van der Waals surface area contributed by atoms with Crippen LogP contribution < -0.4 is 14.8 Å². The number of hydrogen-bond acceptors (Lipinski definition) is 6. The lowest BCUT2D eigenvalue weighted by Crippen LogP contribution is -2.36. The largest absolute Gasteiger partial charge is 0.490 e. The lowest BCUT2D eigenvalue weighted by Gasteiger charge is -2.15. The SMILES string of the molecule is CCOc1cc(/C=C2/SC(=O)N(CC(=O)Nc3ccc(C)cc3)C2=O)cc(Br)c1OCc1ccc(Cl)cc1. The fourth-order valence-electron chi connectivity index (χ4n) is 3.58. The normalized spacial score (nSPS) is 14.2. The van der Waals surface area contributed by atoms with Crippen LogP contribution >= 0.6 is 39.3 Å². The molecule has 0 unspecified atom stereocenters. The molecule has 3 amide bonds. The summed E-state index contributed by atoms with van der Waals surface area (Å²) in [7, 11) is 0. The first-order chi connectivity index (χ1) is 18.2. The van der Waals surface area contributed by atoms with Crippen LogP contribution in [0.3, 0.4) is 0 Å². The number of rotatable bonds is 9. The minimum absolute atomic E-state index is 0.210. The highest BCUT2D eigenvalue weighted by Crippen LogP contribution is 2.39. The molecule has 7 nitrogen and oxygen atoms in total. The van der Waals surface area contributed by atoms with E-state index in [-0.39, 0.29) is 11.4 Å². The Balaban J connectivity index is 1.48. The van der Waals surface area contributed by atoms with Crippen molar-refractivity contribution in [1.82, 2.24) is 4.90 Å². The van der Waals surface area contributed by atoms with Crippen molar-refractivity contribution in [2.24, 2.45) is 0 Å². The second-order valence-electron chi connectivity index (χ2n) is 8.36. The van der Waals surface area contributed by atoms with E-state index in [4.69, 9.17) is 21.1 Å². The van der Waals surface area contributed by atoms with Gasteiger partial charge in [0.15, 0.2) is 11.5 Å². The molecule has 3 aromatic rings. The van der Waals surface area contributed by atoms with Crippen molar-refractivity contribution in [1.29, 1.82) is 0 Å². The van der Waals surface area contributed by atoms with Gasteiger partial charge in [-0.25, -0.2) is 0 Å². The van der Waals surface area contributed by atoms with Crippen molar-refractivity contribution in [2.45, 2.75) is 20.5 Å². The zero-order chi connectivity index (χ0) is 27.2. The lowest BCUT2D eigenvalue weighted by molar-refractivity contribution is -0.127. The molecule has 1 N–H and O–H groups in total. The predicted molar refractivity (Wildman–Crippen MR) is 154 cm³/mol. The number of carbonyl (C=O) groups is 3. The van der Waals surface area contributed by atoms with Crippen LogP contribution in [-0.4, -0.2) is 35.1 Å². The zero-order valence-corrected chi connectivity index (χ0v) is 23.8. The fraction of sp³-hybridized carbons (Fsp3) is 0.179. The highest BCUT2D eigenvalue weighted by atomic mass is 79.9. The number of thioether (sulfide) groups is 1. The zero-order valence-electron chi connectivity index (χ0n) is 20.6. The number of nitrogens with one attached hydrogen (secondary N) is 1. The number of anilines is 1. The molecular weight excluding hydrogens is 592 g/mol. The third kappa shape index (κ3) is 6.98. The molecule has 1 aliphatic heterocycles. The van der Waals surface area contributed by atoms with Crippen LogP contribution in [0.5, 0.6) is 11.5 Å². The van der Waals surface area contributed by atoms with Crippen LogP contribution in [0.2, 0.25) is 5.02 Å². The minimum Gasteiger partial charge on any atom is -0.490 e. The number of aryl methyl sites for hydroxylation is 1. The van der Waals surface area contributed by atoms with Gasteiger partial charge < -0.3 is 14.8 Å². The predicted octanol–water partition coefficient (Wildman–Crippen LogP) is 7.06. The Morgan fingerprint density at radius 2 is 1.79 bits per heavy atom. The maximum absolute atomic E-state index is 13.0. The third-order valence-electron chi connectivity index (χ3n) is 5.44. The highest BCUT2D eigenvalue weighted by Gasteiger charge is 2.36. The van der Waals surface area contributed by atoms with E-state index in [9.17, 15) is 14.4 Å².